The first-order chi connectivity index (χ1) is 20.4. The second-order valence-electron chi connectivity index (χ2n) is 12.2. The summed E-state index contributed by atoms with van der Waals surface area (Å²) in [5.74, 6) is 0.671. The molecule has 0 aromatic heterocycles. The Labute approximate surface area is 251 Å². The van der Waals surface area contributed by atoms with E-state index in [4.69, 9.17) is 4.74 Å². The molecule has 2 saturated carbocycles. The summed E-state index contributed by atoms with van der Waals surface area (Å²) < 4.78 is 5.51. The van der Waals surface area contributed by atoms with Gasteiger partial charge in [-0.15, -0.1) is 0 Å². The van der Waals surface area contributed by atoms with Crippen LogP contribution in [0.15, 0.2) is 65.5 Å². The molecule has 8 heteroatoms. The Bertz CT molecular complexity index is 1230. The van der Waals surface area contributed by atoms with Gasteiger partial charge in [0, 0.05) is 75.5 Å². The molecular weight excluding hydrogens is 524 g/mol. The number of ether oxygens (including phenoxy) is 1. The van der Waals surface area contributed by atoms with E-state index in [1.54, 1.807) is 25.3 Å². The van der Waals surface area contributed by atoms with Crippen molar-refractivity contribution in [2.45, 2.75) is 63.6 Å². The minimum Gasteiger partial charge on any atom is -0.379 e. The summed E-state index contributed by atoms with van der Waals surface area (Å²) in [6.07, 6.45) is 13.3. The van der Waals surface area contributed by atoms with Gasteiger partial charge in [-0.1, -0.05) is 25.1 Å². The molecule has 0 spiro atoms. The van der Waals surface area contributed by atoms with Gasteiger partial charge in [0.25, 0.3) is 5.91 Å². The molecule has 0 radical (unpaired) electrons. The molecule has 2 heterocycles. The number of morpholine rings is 1. The maximum absolute atomic E-state index is 13.0. The van der Waals surface area contributed by atoms with Crippen LogP contribution in [0.25, 0.3) is 0 Å². The Morgan fingerprint density at radius 3 is 2.38 bits per heavy atom. The number of anilines is 1. The summed E-state index contributed by atoms with van der Waals surface area (Å²) in [5.41, 5.74) is 4.43. The van der Waals surface area contributed by atoms with Gasteiger partial charge in [0.1, 0.15) is 11.8 Å². The molecular formula is C34H46N6O2. The monoisotopic (exact) mass is 570 g/mol. The van der Waals surface area contributed by atoms with E-state index < -0.39 is 0 Å². The summed E-state index contributed by atoms with van der Waals surface area (Å²) >= 11 is 0. The number of amides is 1. The van der Waals surface area contributed by atoms with Crippen LogP contribution in [0, 0.1) is 17.2 Å². The Kier molecular flexibility index (Phi) is 10.1. The van der Waals surface area contributed by atoms with Gasteiger partial charge in [-0.2, -0.15) is 5.26 Å². The second-order valence-corrected chi connectivity index (χ2v) is 12.2. The van der Waals surface area contributed by atoms with Crippen molar-refractivity contribution in [3.05, 3.63) is 66.0 Å². The average molecular weight is 571 g/mol. The van der Waals surface area contributed by atoms with E-state index in [9.17, 15) is 10.1 Å². The maximum atomic E-state index is 13.0. The van der Waals surface area contributed by atoms with Gasteiger partial charge in [-0.3, -0.25) is 14.7 Å². The minimum absolute atomic E-state index is 0.125. The van der Waals surface area contributed by atoms with Crippen molar-refractivity contribution in [1.82, 2.24) is 14.7 Å². The quantitative estimate of drug-likeness (QED) is 0.449. The number of hydrogen-bond acceptors (Lipinski definition) is 7. The van der Waals surface area contributed by atoms with E-state index in [0.29, 0.717) is 30.0 Å². The molecule has 0 unspecified atom stereocenters. The SMILES string of the molecule is C=C1/C=C\C(C#N)=NC/C(N(C)C2CCC(N(CC3CCC3)c3ccc(CN4CCOCC4)cc3)CC2)=C\C(=O)N1C. The van der Waals surface area contributed by atoms with Crippen LogP contribution >= 0.6 is 0 Å². The third-order valence-corrected chi connectivity index (χ3v) is 9.58. The van der Waals surface area contributed by atoms with Crippen molar-refractivity contribution >= 4 is 17.3 Å². The Hall–Kier alpha value is -3.41. The number of likely N-dealkylation sites (N-methyl/N-ethyl adjacent to an activating group) is 2. The zero-order valence-electron chi connectivity index (χ0n) is 25.4. The summed E-state index contributed by atoms with van der Waals surface area (Å²) in [7, 11) is 3.78. The van der Waals surface area contributed by atoms with Crippen LogP contribution in [0.4, 0.5) is 5.69 Å². The van der Waals surface area contributed by atoms with E-state index in [1.165, 1.54) is 35.4 Å². The van der Waals surface area contributed by atoms with Gasteiger partial charge in [-0.05, 0) is 74.3 Å². The maximum Gasteiger partial charge on any atom is 0.252 e. The molecule has 1 aromatic carbocycles. The summed E-state index contributed by atoms with van der Waals surface area (Å²) in [5, 5.41) is 9.51. The fourth-order valence-corrected chi connectivity index (χ4v) is 6.44. The summed E-state index contributed by atoms with van der Waals surface area (Å²) in [4.78, 5) is 26.4. The number of aliphatic imine (C=N–C) groups is 1. The Morgan fingerprint density at radius 2 is 1.74 bits per heavy atom. The molecule has 1 amide bonds. The van der Waals surface area contributed by atoms with E-state index in [2.05, 4.69) is 63.7 Å². The van der Waals surface area contributed by atoms with Crippen LogP contribution in [0.5, 0.6) is 0 Å². The lowest BCUT2D eigenvalue weighted by Crippen LogP contribution is -2.45. The second kappa shape index (κ2) is 14.2. The highest BCUT2D eigenvalue weighted by Crippen LogP contribution is 2.35. The van der Waals surface area contributed by atoms with Crippen LogP contribution in [-0.4, -0.2) is 91.9 Å². The molecule has 42 heavy (non-hydrogen) atoms. The van der Waals surface area contributed by atoms with Crippen molar-refractivity contribution in [1.29, 1.82) is 5.26 Å². The molecule has 2 aliphatic carbocycles. The van der Waals surface area contributed by atoms with Gasteiger partial charge < -0.3 is 19.4 Å². The number of benzene rings is 1. The smallest absolute Gasteiger partial charge is 0.252 e. The normalized spacial score (nSPS) is 26.4. The number of nitrogens with zero attached hydrogens (tertiary/aromatic N) is 6. The van der Waals surface area contributed by atoms with E-state index in [-0.39, 0.29) is 5.91 Å². The number of carbonyl (C=O) groups excluding carboxylic acids is 1. The van der Waals surface area contributed by atoms with E-state index in [0.717, 1.165) is 76.7 Å². The van der Waals surface area contributed by atoms with Gasteiger partial charge in [0.05, 0.1) is 19.8 Å². The lowest BCUT2D eigenvalue weighted by atomic mass is 9.83. The average Bonchev–Trinajstić information content (AvgIpc) is 3.00. The van der Waals surface area contributed by atoms with Crippen molar-refractivity contribution in [3.8, 4) is 6.07 Å². The fourth-order valence-electron chi connectivity index (χ4n) is 6.44. The third kappa shape index (κ3) is 7.50. The first kappa shape index (κ1) is 30.1. The van der Waals surface area contributed by atoms with Crippen LogP contribution in [0.1, 0.15) is 50.5 Å². The Balaban J connectivity index is 1.25. The van der Waals surface area contributed by atoms with Crippen LogP contribution in [0.3, 0.4) is 0 Å². The number of carbonyl (C=O) groups is 1. The molecule has 4 aliphatic rings. The molecule has 3 fully saturated rings. The lowest BCUT2D eigenvalue weighted by Gasteiger charge is -2.44. The topological polar surface area (TPSA) is 75.4 Å². The molecule has 224 valence electrons. The predicted octanol–water partition coefficient (Wildman–Crippen LogP) is 4.76. The molecule has 0 atom stereocenters. The third-order valence-electron chi connectivity index (χ3n) is 9.58. The fraction of sp³-hybridized carbons (Fsp3) is 0.559. The number of nitriles is 1. The number of allylic oxidation sites excluding steroid dienone is 2. The van der Waals surface area contributed by atoms with Gasteiger partial charge in [-0.25, -0.2) is 0 Å². The van der Waals surface area contributed by atoms with Crippen LogP contribution < -0.4 is 4.90 Å². The highest BCUT2D eigenvalue weighted by molar-refractivity contribution is 6.07. The molecule has 0 N–H and O–H groups in total. The minimum atomic E-state index is -0.125. The summed E-state index contributed by atoms with van der Waals surface area (Å²) in [6.45, 7) is 10.1. The van der Waals surface area contributed by atoms with Crippen molar-refractivity contribution in [3.63, 3.8) is 0 Å². The number of hydrogen-bond donors (Lipinski definition) is 0. The van der Waals surface area contributed by atoms with Crippen molar-refractivity contribution in [2.24, 2.45) is 10.9 Å². The molecule has 1 saturated heterocycles. The van der Waals surface area contributed by atoms with Crippen LogP contribution in [-0.2, 0) is 16.1 Å². The molecule has 1 aromatic rings. The summed E-state index contributed by atoms with van der Waals surface area (Å²) in [6, 6.07) is 12.3. The molecule has 0 bridgehead atoms. The standard InChI is InChI=1S/C34H46N6O2/c1-26-7-10-29(22-35)36-23-33(21-34(41)37(26)2)38(3)30-13-15-32(16-14-30)40(25-27-5-4-6-27)31-11-8-28(9-12-31)24-39-17-19-42-20-18-39/h7-12,21,27,30,32H,1,4-6,13-20,23-25H2,2-3H3/b10-7-,33-21+,36-29?. The zero-order chi connectivity index (χ0) is 29.5. The Morgan fingerprint density at radius 1 is 1.05 bits per heavy atom. The molecule has 5 rings (SSSR count). The zero-order valence-corrected chi connectivity index (χ0v) is 25.4. The van der Waals surface area contributed by atoms with E-state index >= 15 is 0 Å². The first-order valence-electron chi connectivity index (χ1n) is 15.6. The lowest BCUT2D eigenvalue weighted by molar-refractivity contribution is -0.123. The van der Waals surface area contributed by atoms with Crippen molar-refractivity contribution < 1.29 is 9.53 Å². The predicted molar refractivity (Wildman–Crippen MR) is 168 cm³/mol. The molecule has 2 aliphatic heterocycles. The molecule has 8 nitrogen and oxygen atoms in total. The van der Waals surface area contributed by atoms with Gasteiger partial charge in [0.2, 0.25) is 0 Å². The van der Waals surface area contributed by atoms with Crippen molar-refractivity contribution in [2.75, 3.05) is 58.4 Å². The number of rotatable bonds is 8. The largest absolute Gasteiger partial charge is 0.379 e. The highest BCUT2D eigenvalue weighted by atomic mass is 16.5. The first-order valence-corrected chi connectivity index (χ1v) is 15.6. The van der Waals surface area contributed by atoms with Gasteiger partial charge in [0.15, 0.2) is 0 Å². The van der Waals surface area contributed by atoms with E-state index in [1.807, 2.05) is 0 Å². The van der Waals surface area contributed by atoms with Crippen LogP contribution in [0.2, 0.25) is 0 Å². The highest BCUT2D eigenvalue weighted by Gasteiger charge is 2.31. The van der Waals surface area contributed by atoms with Gasteiger partial charge >= 0.3 is 0 Å².